The van der Waals surface area contributed by atoms with Gasteiger partial charge in [0.25, 0.3) is 0 Å². The van der Waals surface area contributed by atoms with E-state index in [0.717, 1.165) is 42.5 Å². The number of nitrogens with one attached hydrogen (secondary N) is 1. The molecule has 0 radical (unpaired) electrons. The van der Waals surface area contributed by atoms with Gasteiger partial charge in [0.05, 0.1) is 24.0 Å². The molecule has 162 valence electrons. The number of nitriles is 1. The second-order valence-electron chi connectivity index (χ2n) is 8.77. The van der Waals surface area contributed by atoms with Crippen molar-refractivity contribution in [2.24, 2.45) is 23.5 Å². The van der Waals surface area contributed by atoms with Gasteiger partial charge in [0, 0.05) is 37.0 Å². The summed E-state index contributed by atoms with van der Waals surface area (Å²) in [6.07, 6.45) is 19.0. The quantitative estimate of drug-likeness (QED) is 0.645. The Hall–Kier alpha value is -2.91. The third-order valence-electron chi connectivity index (χ3n) is 6.81. The maximum atomic E-state index is 13.7. The fourth-order valence-corrected chi connectivity index (χ4v) is 4.92. The van der Waals surface area contributed by atoms with Crippen LogP contribution in [0.4, 0.5) is 0 Å². The van der Waals surface area contributed by atoms with E-state index >= 15 is 0 Å². The summed E-state index contributed by atoms with van der Waals surface area (Å²) in [5, 5.41) is 17.2. The molecule has 0 aromatic rings. The first-order valence-corrected chi connectivity index (χ1v) is 11.0. The van der Waals surface area contributed by atoms with Crippen LogP contribution in [0.2, 0.25) is 0 Å². The summed E-state index contributed by atoms with van der Waals surface area (Å²) in [4.78, 5) is 15.8. The van der Waals surface area contributed by atoms with Gasteiger partial charge in [-0.2, -0.15) is 5.26 Å². The number of rotatable bonds is 6. The molecule has 0 bridgehead atoms. The van der Waals surface area contributed by atoms with Gasteiger partial charge in [-0.25, -0.2) is 0 Å². The number of hydrogen-bond donors (Lipinski definition) is 2. The highest BCUT2D eigenvalue weighted by Crippen LogP contribution is 2.38. The lowest BCUT2D eigenvalue weighted by Crippen LogP contribution is -2.49. The summed E-state index contributed by atoms with van der Waals surface area (Å²) in [6, 6.07) is 2.71. The van der Waals surface area contributed by atoms with Gasteiger partial charge in [-0.15, -0.1) is 0 Å². The molecule has 0 aliphatic heterocycles. The van der Waals surface area contributed by atoms with E-state index in [2.05, 4.69) is 11.0 Å². The predicted molar refractivity (Wildman–Crippen MR) is 120 cm³/mol. The zero-order chi connectivity index (χ0) is 22.0. The number of carbonyl (C=O) groups excluding carboxylic acids is 1. The molecule has 6 heteroatoms. The van der Waals surface area contributed by atoms with E-state index in [-0.39, 0.29) is 41.8 Å². The smallest absolute Gasteiger partial charge is 0.232 e. The summed E-state index contributed by atoms with van der Waals surface area (Å²) in [5.74, 6) is -0.537. The van der Waals surface area contributed by atoms with Gasteiger partial charge in [0.15, 0.2) is 0 Å². The number of allylic oxidation sites excluding steroid dienone is 7. The van der Waals surface area contributed by atoms with E-state index in [0.29, 0.717) is 6.42 Å². The standard InChI is InChI=1S/C25H30N4O2/c1-31-24-13-16(21-5-3-2-4-17(21)14-26)6-10-22(24)25(30)29(19-7-8-19)20-9-11-23(28)18(12-20)15-27/h2-6,10,13,15,17,19-22,24,27H,7-9,11-12,28H2,1H3. The van der Waals surface area contributed by atoms with Crippen molar-refractivity contribution in [3.05, 3.63) is 59.4 Å². The van der Waals surface area contributed by atoms with E-state index in [9.17, 15) is 10.1 Å². The number of amides is 1. The average molecular weight is 419 g/mol. The lowest BCUT2D eigenvalue weighted by atomic mass is 9.79. The molecule has 5 atom stereocenters. The third kappa shape index (κ3) is 4.28. The molecule has 31 heavy (non-hydrogen) atoms. The van der Waals surface area contributed by atoms with Crippen LogP contribution >= 0.6 is 0 Å². The molecule has 1 saturated carbocycles. The van der Waals surface area contributed by atoms with Crippen molar-refractivity contribution in [3.63, 3.8) is 0 Å². The number of nitrogens with zero attached hydrogens (tertiary/aromatic N) is 2. The molecule has 0 spiro atoms. The largest absolute Gasteiger partial charge is 0.402 e. The van der Waals surface area contributed by atoms with Gasteiger partial charge >= 0.3 is 0 Å². The predicted octanol–water partition coefficient (Wildman–Crippen LogP) is 3.40. The van der Waals surface area contributed by atoms with Crippen LogP contribution in [0.25, 0.3) is 0 Å². The van der Waals surface area contributed by atoms with Crippen molar-refractivity contribution in [2.45, 2.75) is 50.3 Å². The minimum atomic E-state index is -0.385. The van der Waals surface area contributed by atoms with Crippen LogP contribution in [-0.4, -0.2) is 42.3 Å². The summed E-state index contributed by atoms with van der Waals surface area (Å²) >= 11 is 0. The second kappa shape index (κ2) is 9.07. The van der Waals surface area contributed by atoms with Crippen LogP contribution in [0.5, 0.6) is 0 Å². The van der Waals surface area contributed by atoms with Crippen molar-refractivity contribution in [1.29, 1.82) is 10.7 Å². The van der Waals surface area contributed by atoms with E-state index in [1.54, 1.807) is 7.11 Å². The minimum absolute atomic E-state index is 0.0268. The normalized spacial score (nSPS) is 32.4. The molecule has 3 N–H and O–H groups in total. The number of ether oxygens (including phenoxy) is 1. The van der Waals surface area contributed by atoms with Crippen molar-refractivity contribution in [2.75, 3.05) is 7.11 Å². The molecule has 4 aliphatic carbocycles. The van der Waals surface area contributed by atoms with Crippen molar-refractivity contribution >= 4 is 12.1 Å². The maximum absolute atomic E-state index is 13.7. The van der Waals surface area contributed by atoms with Crippen LogP contribution in [0, 0.1) is 34.5 Å². The van der Waals surface area contributed by atoms with Crippen molar-refractivity contribution < 1.29 is 9.53 Å². The summed E-state index contributed by atoms with van der Waals surface area (Å²) in [7, 11) is 1.63. The first kappa shape index (κ1) is 21.3. The molecule has 1 amide bonds. The maximum Gasteiger partial charge on any atom is 0.232 e. The number of hydrogen-bond acceptors (Lipinski definition) is 5. The molecule has 0 saturated heterocycles. The number of carbonyl (C=O) groups is 1. The zero-order valence-electron chi connectivity index (χ0n) is 17.9. The summed E-state index contributed by atoms with van der Waals surface area (Å²) in [5.41, 5.74) is 8.70. The molecule has 0 aromatic heterocycles. The van der Waals surface area contributed by atoms with Gasteiger partial charge in [-0.3, -0.25) is 4.79 Å². The van der Waals surface area contributed by atoms with Gasteiger partial charge in [-0.1, -0.05) is 42.5 Å². The molecule has 5 unspecified atom stereocenters. The van der Waals surface area contributed by atoms with Crippen LogP contribution in [0.15, 0.2) is 59.4 Å². The second-order valence-corrected chi connectivity index (χ2v) is 8.77. The highest BCUT2D eigenvalue weighted by Gasteiger charge is 2.43. The SMILES string of the molecule is COC1C=C(C2C=CC=CC2C#N)C=CC1C(=O)N(C1CC1)C1CCC(N)=C(C=N)C1. The van der Waals surface area contributed by atoms with E-state index in [1.807, 2.05) is 42.5 Å². The highest BCUT2D eigenvalue weighted by molar-refractivity contribution is 5.84. The summed E-state index contributed by atoms with van der Waals surface area (Å²) < 4.78 is 5.75. The minimum Gasteiger partial charge on any atom is -0.402 e. The Kier molecular flexibility index (Phi) is 6.24. The van der Waals surface area contributed by atoms with Crippen molar-refractivity contribution in [1.82, 2.24) is 4.90 Å². The third-order valence-corrected chi connectivity index (χ3v) is 6.81. The molecular formula is C25H30N4O2. The monoisotopic (exact) mass is 418 g/mol. The van der Waals surface area contributed by atoms with Gasteiger partial charge in [0.1, 0.15) is 0 Å². The first-order valence-electron chi connectivity index (χ1n) is 11.0. The number of methoxy groups -OCH3 is 1. The van der Waals surface area contributed by atoms with E-state index < -0.39 is 0 Å². The van der Waals surface area contributed by atoms with Crippen LogP contribution in [0.3, 0.4) is 0 Å². The molecule has 0 aromatic carbocycles. The Balaban J connectivity index is 1.54. The molecular weight excluding hydrogens is 388 g/mol. The Morgan fingerprint density at radius 2 is 2.03 bits per heavy atom. The highest BCUT2D eigenvalue weighted by atomic mass is 16.5. The first-order chi connectivity index (χ1) is 15.1. The molecule has 4 aliphatic rings. The Morgan fingerprint density at radius 1 is 1.26 bits per heavy atom. The van der Waals surface area contributed by atoms with Crippen LogP contribution < -0.4 is 5.73 Å². The van der Waals surface area contributed by atoms with Gasteiger partial charge < -0.3 is 20.8 Å². The topological polar surface area (TPSA) is 103 Å². The fourth-order valence-electron chi connectivity index (χ4n) is 4.92. The van der Waals surface area contributed by atoms with Crippen LogP contribution in [-0.2, 0) is 9.53 Å². The fraction of sp³-hybridized carbons (Fsp3) is 0.480. The van der Waals surface area contributed by atoms with E-state index in [4.69, 9.17) is 15.9 Å². The molecule has 0 heterocycles. The Bertz CT molecular complexity index is 932. The lowest BCUT2D eigenvalue weighted by Gasteiger charge is -2.38. The molecule has 6 nitrogen and oxygen atoms in total. The van der Waals surface area contributed by atoms with Crippen molar-refractivity contribution in [3.8, 4) is 6.07 Å². The Labute approximate surface area is 183 Å². The lowest BCUT2D eigenvalue weighted by molar-refractivity contribution is -0.140. The molecule has 1 fully saturated rings. The van der Waals surface area contributed by atoms with Gasteiger partial charge in [0.2, 0.25) is 5.91 Å². The molecule has 4 rings (SSSR count). The number of nitrogens with two attached hydrogens (primary N) is 1. The summed E-state index contributed by atoms with van der Waals surface area (Å²) in [6.45, 7) is 0. The Morgan fingerprint density at radius 3 is 2.71 bits per heavy atom. The van der Waals surface area contributed by atoms with Gasteiger partial charge in [-0.05, 0) is 43.3 Å². The van der Waals surface area contributed by atoms with Crippen LogP contribution in [0.1, 0.15) is 32.1 Å². The average Bonchev–Trinajstić information content (AvgIpc) is 3.64. The van der Waals surface area contributed by atoms with E-state index in [1.165, 1.54) is 6.21 Å². The zero-order valence-corrected chi connectivity index (χ0v) is 17.9.